The molecule has 0 aliphatic carbocycles. The summed E-state index contributed by atoms with van der Waals surface area (Å²) < 4.78 is 14.2. The minimum atomic E-state index is -0.218. The smallest absolute Gasteiger partial charge is 0.267 e. The molecule has 0 fully saturated rings. The zero-order chi connectivity index (χ0) is 13.0. The van der Waals surface area contributed by atoms with Gasteiger partial charge >= 0.3 is 0 Å². The molecule has 2 rings (SSSR count). The Labute approximate surface area is 109 Å². The van der Waals surface area contributed by atoms with Crippen molar-refractivity contribution in [1.82, 2.24) is 4.37 Å². The Morgan fingerprint density at radius 3 is 2.72 bits per heavy atom. The predicted molar refractivity (Wildman–Crippen MR) is 69.6 cm³/mol. The lowest BCUT2D eigenvalue weighted by Crippen LogP contribution is -2.11. The van der Waals surface area contributed by atoms with Crippen molar-refractivity contribution in [2.75, 3.05) is 19.5 Å². The quantitative estimate of drug-likeness (QED) is 0.921. The van der Waals surface area contributed by atoms with Crippen LogP contribution >= 0.6 is 11.5 Å². The van der Waals surface area contributed by atoms with Crippen molar-refractivity contribution in [2.24, 2.45) is 0 Å². The van der Waals surface area contributed by atoms with Gasteiger partial charge in [0.25, 0.3) is 5.91 Å². The molecule has 2 aromatic rings. The molecule has 18 heavy (non-hydrogen) atoms. The Morgan fingerprint density at radius 2 is 2.11 bits per heavy atom. The molecule has 1 aromatic heterocycles. The summed E-state index contributed by atoms with van der Waals surface area (Å²) in [5.74, 6) is 1.01. The number of aromatic nitrogens is 1. The lowest BCUT2D eigenvalue weighted by Gasteiger charge is -2.10. The molecule has 6 heteroatoms. The van der Waals surface area contributed by atoms with Crippen LogP contribution in [0.1, 0.15) is 9.67 Å². The van der Waals surface area contributed by atoms with E-state index in [4.69, 9.17) is 9.47 Å². The molecule has 1 amide bonds. The normalized spacial score (nSPS) is 9.89. The Hall–Kier alpha value is -2.08. The fraction of sp³-hybridized carbons (Fsp3) is 0.167. The molecule has 0 bridgehead atoms. The van der Waals surface area contributed by atoms with Crippen molar-refractivity contribution >= 4 is 23.1 Å². The van der Waals surface area contributed by atoms with E-state index in [-0.39, 0.29) is 5.91 Å². The Morgan fingerprint density at radius 1 is 1.28 bits per heavy atom. The maximum atomic E-state index is 11.9. The Balaban J connectivity index is 2.24. The SMILES string of the molecule is COc1ccc(OC)c(NC(=O)c2ccns2)c1. The summed E-state index contributed by atoms with van der Waals surface area (Å²) in [6.07, 6.45) is 1.59. The van der Waals surface area contributed by atoms with Gasteiger partial charge in [-0.25, -0.2) is 4.37 Å². The van der Waals surface area contributed by atoms with Gasteiger partial charge in [-0.15, -0.1) is 0 Å². The standard InChI is InChI=1S/C12H12N2O3S/c1-16-8-3-4-10(17-2)9(7-8)14-12(15)11-5-6-13-18-11/h3-7H,1-2H3,(H,14,15). The van der Waals surface area contributed by atoms with Crippen LogP contribution in [0.2, 0.25) is 0 Å². The van der Waals surface area contributed by atoms with Crippen LogP contribution in [0.15, 0.2) is 30.5 Å². The third kappa shape index (κ3) is 2.60. The molecule has 1 heterocycles. The van der Waals surface area contributed by atoms with Gasteiger partial charge in [0.15, 0.2) is 0 Å². The topological polar surface area (TPSA) is 60.5 Å². The fourth-order valence-corrected chi connectivity index (χ4v) is 1.92. The molecule has 0 aliphatic heterocycles. The van der Waals surface area contributed by atoms with E-state index in [0.29, 0.717) is 22.1 Å². The molecule has 94 valence electrons. The summed E-state index contributed by atoms with van der Waals surface area (Å²) >= 11 is 1.14. The lowest BCUT2D eigenvalue weighted by molar-refractivity contribution is 0.103. The van der Waals surface area contributed by atoms with Crippen LogP contribution in [-0.2, 0) is 0 Å². The summed E-state index contributed by atoms with van der Waals surface area (Å²) in [7, 11) is 3.11. The molecule has 0 atom stereocenters. The van der Waals surface area contributed by atoms with Gasteiger partial charge in [0, 0.05) is 12.3 Å². The number of carbonyl (C=O) groups excluding carboxylic acids is 1. The number of benzene rings is 1. The van der Waals surface area contributed by atoms with Gasteiger partial charge in [-0.05, 0) is 29.7 Å². The number of rotatable bonds is 4. The van der Waals surface area contributed by atoms with Gasteiger partial charge in [0.2, 0.25) is 0 Å². The van der Waals surface area contributed by atoms with Crippen molar-refractivity contribution in [3.05, 3.63) is 35.3 Å². The summed E-state index contributed by atoms with van der Waals surface area (Å²) in [5.41, 5.74) is 0.565. The highest BCUT2D eigenvalue weighted by Crippen LogP contribution is 2.29. The number of nitrogens with one attached hydrogen (secondary N) is 1. The first-order chi connectivity index (χ1) is 8.74. The van der Waals surface area contributed by atoms with Gasteiger partial charge in [0.05, 0.1) is 19.9 Å². The van der Waals surface area contributed by atoms with Crippen LogP contribution in [0.25, 0.3) is 0 Å². The van der Waals surface area contributed by atoms with E-state index < -0.39 is 0 Å². The summed E-state index contributed by atoms with van der Waals surface area (Å²) in [6, 6.07) is 6.87. The molecule has 1 aromatic carbocycles. The van der Waals surface area contributed by atoms with E-state index in [1.54, 1.807) is 44.7 Å². The van der Waals surface area contributed by atoms with E-state index in [1.165, 1.54) is 0 Å². The number of amides is 1. The lowest BCUT2D eigenvalue weighted by atomic mass is 10.2. The van der Waals surface area contributed by atoms with Crippen molar-refractivity contribution in [1.29, 1.82) is 0 Å². The number of hydrogen-bond donors (Lipinski definition) is 1. The molecule has 0 unspecified atom stereocenters. The van der Waals surface area contributed by atoms with Crippen molar-refractivity contribution in [3.63, 3.8) is 0 Å². The minimum Gasteiger partial charge on any atom is -0.497 e. The number of methoxy groups -OCH3 is 2. The first-order valence-corrected chi connectivity index (χ1v) is 5.96. The van der Waals surface area contributed by atoms with Crippen LogP contribution in [0.5, 0.6) is 11.5 Å². The van der Waals surface area contributed by atoms with Crippen LogP contribution in [0.3, 0.4) is 0 Å². The van der Waals surface area contributed by atoms with Crippen LogP contribution < -0.4 is 14.8 Å². The van der Waals surface area contributed by atoms with Gasteiger partial charge in [-0.1, -0.05) is 0 Å². The summed E-state index contributed by atoms with van der Waals surface area (Å²) in [6.45, 7) is 0. The predicted octanol–water partition coefficient (Wildman–Crippen LogP) is 2.41. The van der Waals surface area contributed by atoms with E-state index in [2.05, 4.69) is 9.69 Å². The van der Waals surface area contributed by atoms with Crippen molar-refractivity contribution < 1.29 is 14.3 Å². The number of nitrogens with zero attached hydrogens (tertiary/aromatic N) is 1. The molecule has 0 radical (unpaired) electrons. The highest BCUT2D eigenvalue weighted by Gasteiger charge is 2.11. The molecule has 0 spiro atoms. The second-order valence-corrected chi connectivity index (χ2v) is 4.23. The first kappa shape index (κ1) is 12.4. The fourth-order valence-electron chi connectivity index (χ4n) is 1.43. The molecule has 0 saturated heterocycles. The van der Waals surface area contributed by atoms with Crippen LogP contribution in [-0.4, -0.2) is 24.5 Å². The van der Waals surface area contributed by atoms with E-state index in [0.717, 1.165) is 11.5 Å². The van der Waals surface area contributed by atoms with Gasteiger partial charge in [-0.2, -0.15) is 0 Å². The second-order valence-electron chi connectivity index (χ2n) is 3.40. The van der Waals surface area contributed by atoms with Gasteiger partial charge in [-0.3, -0.25) is 4.79 Å². The van der Waals surface area contributed by atoms with Crippen LogP contribution in [0.4, 0.5) is 5.69 Å². The average molecular weight is 264 g/mol. The number of anilines is 1. The number of ether oxygens (including phenoxy) is 2. The number of hydrogen-bond acceptors (Lipinski definition) is 5. The molecular weight excluding hydrogens is 252 g/mol. The van der Waals surface area contributed by atoms with E-state index in [9.17, 15) is 4.79 Å². The largest absolute Gasteiger partial charge is 0.497 e. The van der Waals surface area contributed by atoms with Gasteiger partial charge < -0.3 is 14.8 Å². The summed E-state index contributed by atoms with van der Waals surface area (Å²) in [5, 5.41) is 2.77. The van der Waals surface area contributed by atoms with Crippen molar-refractivity contribution in [2.45, 2.75) is 0 Å². The average Bonchev–Trinajstić information content (AvgIpc) is 2.92. The molecule has 0 aliphatic rings. The minimum absolute atomic E-state index is 0.218. The zero-order valence-electron chi connectivity index (χ0n) is 9.97. The Bertz CT molecular complexity index is 540. The van der Waals surface area contributed by atoms with E-state index in [1.807, 2.05) is 0 Å². The maximum absolute atomic E-state index is 11.9. The number of carbonyl (C=O) groups is 1. The maximum Gasteiger partial charge on any atom is 0.267 e. The van der Waals surface area contributed by atoms with Crippen molar-refractivity contribution in [3.8, 4) is 11.5 Å². The molecule has 0 saturated carbocycles. The highest BCUT2D eigenvalue weighted by molar-refractivity contribution is 7.08. The van der Waals surface area contributed by atoms with E-state index >= 15 is 0 Å². The molecular formula is C12H12N2O3S. The first-order valence-electron chi connectivity index (χ1n) is 5.18. The molecule has 1 N–H and O–H groups in total. The van der Waals surface area contributed by atoms with Crippen LogP contribution in [0, 0.1) is 0 Å². The third-order valence-electron chi connectivity index (χ3n) is 2.32. The summed E-state index contributed by atoms with van der Waals surface area (Å²) in [4.78, 5) is 12.4. The molecule has 5 nitrogen and oxygen atoms in total. The van der Waals surface area contributed by atoms with Gasteiger partial charge in [0.1, 0.15) is 16.4 Å². The zero-order valence-corrected chi connectivity index (χ0v) is 10.8. The second kappa shape index (κ2) is 5.50. The Kier molecular flexibility index (Phi) is 3.78. The third-order valence-corrected chi connectivity index (χ3v) is 3.06. The highest BCUT2D eigenvalue weighted by atomic mass is 32.1. The monoisotopic (exact) mass is 264 g/mol.